The van der Waals surface area contributed by atoms with E-state index in [1.165, 1.54) is 19.3 Å². The lowest BCUT2D eigenvalue weighted by Gasteiger charge is -2.39. The molecule has 2 aliphatic rings. The summed E-state index contributed by atoms with van der Waals surface area (Å²) in [6.07, 6.45) is 5.78. The Morgan fingerprint density at radius 3 is 2.65 bits per heavy atom. The predicted molar refractivity (Wildman–Crippen MR) is 70.9 cm³/mol. The minimum absolute atomic E-state index is 0. The summed E-state index contributed by atoms with van der Waals surface area (Å²) in [6, 6.07) is 0. The van der Waals surface area contributed by atoms with Crippen molar-refractivity contribution in [1.29, 1.82) is 0 Å². The molecule has 102 valence electrons. The summed E-state index contributed by atoms with van der Waals surface area (Å²) in [5.41, 5.74) is -0.169. The maximum atomic E-state index is 12.2. The van der Waals surface area contributed by atoms with E-state index >= 15 is 0 Å². The third-order valence-electron chi connectivity index (χ3n) is 4.08. The Morgan fingerprint density at radius 2 is 2.06 bits per heavy atom. The van der Waals surface area contributed by atoms with E-state index in [9.17, 15) is 9.46 Å². The average molecular weight is 284 g/mol. The zero-order chi connectivity index (χ0) is 11.6. The lowest BCUT2D eigenvalue weighted by Crippen LogP contribution is -2.36. The highest BCUT2D eigenvalue weighted by Gasteiger charge is 2.52. The molecular weight excluding hydrogens is 261 g/mol. The van der Waals surface area contributed by atoms with Crippen LogP contribution in [0.4, 0.5) is 0 Å². The molecule has 2 atom stereocenters. The highest BCUT2D eigenvalue weighted by molar-refractivity contribution is 7.53. The Balaban J connectivity index is 0.00000144. The summed E-state index contributed by atoms with van der Waals surface area (Å²) in [4.78, 5) is 10.0. The van der Waals surface area contributed by atoms with E-state index in [0.29, 0.717) is 13.2 Å². The van der Waals surface area contributed by atoms with Gasteiger partial charge in [0.1, 0.15) is 0 Å². The van der Waals surface area contributed by atoms with Crippen LogP contribution in [0.2, 0.25) is 0 Å². The molecule has 0 aromatic carbocycles. The molecule has 0 aromatic heterocycles. The van der Waals surface area contributed by atoms with Gasteiger partial charge in [-0.05, 0) is 25.2 Å². The quantitative estimate of drug-likeness (QED) is 0.782. The van der Waals surface area contributed by atoms with Gasteiger partial charge in [0, 0.05) is 13.1 Å². The molecule has 17 heavy (non-hydrogen) atoms. The molecule has 2 unspecified atom stereocenters. The van der Waals surface area contributed by atoms with Gasteiger partial charge in [-0.15, -0.1) is 12.4 Å². The molecule has 1 aliphatic heterocycles. The van der Waals surface area contributed by atoms with E-state index in [1.807, 2.05) is 0 Å². The van der Waals surface area contributed by atoms with E-state index in [0.717, 1.165) is 19.4 Å². The molecule has 6 heteroatoms. The van der Waals surface area contributed by atoms with Crippen molar-refractivity contribution in [2.24, 2.45) is 5.41 Å². The Hall–Kier alpha value is 0.400. The van der Waals surface area contributed by atoms with E-state index in [1.54, 1.807) is 6.92 Å². The Morgan fingerprint density at radius 1 is 1.41 bits per heavy atom. The van der Waals surface area contributed by atoms with E-state index in [4.69, 9.17) is 4.52 Å². The van der Waals surface area contributed by atoms with Gasteiger partial charge in [-0.25, -0.2) is 0 Å². The molecular formula is C11H23ClNO3P. The molecule has 4 nitrogen and oxygen atoms in total. The van der Waals surface area contributed by atoms with Crippen molar-refractivity contribution < 1.29 is 14.0 Å². The van der Waals surface area contributed by atoms with Crippen molar-refractivity contribution in [1.82, 2.24) is 5.32 Å². The van der Waals surface area contributed by atoms with Crippen molar-refractivity contribution in [3.8, 4) is 0 Å². The van der Waals surface area contributed by atoms with Gasteiger partial charge in [0.15, 0.2) is 0 Å². The maximum Gasteiger partial charge on any atom is 0.333 e. The number of rotatable bonds is 3. The Kier molecular flexibility index (Phi) is 5.48. The molecule has 1 saturated carbocycles. The lowest BCUT2D eigenvalue weighted by molar-refractivity contribution is 0.185. The van der Waals surface area contributed by atoms with Gasteiger partial charge in [-0.2, -0.15) is 0 Å². The largest absolute Gasteiger partial charge is 0.333 e. The minimum atomic E-state index is -3.44. The number of hydrogen-bond acceptors (Lipinski definition) is 3. The fraction of sp³-hybridized carbons (Fsp3) is 1.00. The average Bonchev–Trinajstić information content (AvgIpc) is 2.63. The zero-order valence-corrected chi connectivity index (χ0v) is 12.1. The van der Waals surface area contributed by atoms with Crippen molar-refractivity contribution in [2.75, 3.05) is 19.7 Å². The molecule has 0 amide bonds. The highest BCUT2D eigenvalue weighted by Crippen LogP contribution is 2.59. The SMILES string of the molecule is CCOP(=O)(O)C1CNCC12CCCCC2.Cl. The van der Waals surface area contributed by atoms with Crippen molar-refractivity contribution in [3.63, 3.8) is 0 Å². The van der Waals surface area contributed by atoms with Crippen molar-refractivity contribution >= 4 is 20.0 Å². The summed E-state index contributed by atoms with van der Waals surface area (Å²) in [5.74, 6) is 0. The van der Waals surface area contributed by atoms with Gasteiger partial charge < -0.3 is 14.7 Å². The topological polar surface area (TPSA) is 58.6 Å². The van der Waals surface area contributed by atoms with Crippen LogP contribution >= 0.6 is 20.0 Å². The van der Waals surface area contributed by atoms with Gasteiger partial charge in [0.05, 0.1) is 12.3 Å². The first-order chi connectivity index (χ1) is 7.61. The first-order valence-electron chi connectivity index (χ1n) is 6.28. The van der Waals surface area contributed by atoms with Crippen LogP contribution in [0.1, 0.15) is 39.0 Å². The van der Waals surface area contributed by atoms with Crippen LogP contribution in [-0.4, -0.2) is 30.2 Å². The molecule has 1 spiro atoms. The van der Waals surface area contributed by atoms with Crippen molar-refractivity contribution in [2.45, 2.75) is 44.7 Å². The third-order valence-corrected chi connectivity index (χ3v) is 6.23. The molecule has 2 N–H and O–H groups in total. The fourth-order valence-corrected chi connectivity index (χ4v) is 5.25. The molecule has 2 fully saturated rings. The number of halogens is 1. The molecule has 0 aromatic rings. The second-order valence-electron chi connectivity index (χ2n) is 5.05. The standard InChI is InChI=1S/C11H22NO3P.ClH/c1-2-15-16(13,14)10-8-12-9-11(10)6-4-3-5-7-11;/h10,12H,2-9H2,1H3,(H,13,14);1H. The zero-order valence-electron chi connectivity index (χ0n) is 10.4. The lowest BCUT2D eigenvalue weighted by atomic mass is 9.73. The van der Waals surface area contributed by atoms with E-state index in [2.05, 4.69) is 5.32 Å². The summed E-state index contributed by atoms with van der Waals surface area (Å²) in [7, 11) is -3.44. The molecule has 2 rings (SSSR count). The molecule has 1 saturated heterocycles. The summed E-state index contributed by atoms with van der Waals surface area (Å²) >= 11 is 0. The van der Waals surface area contributed by atoms with Gasteiger partial charge in [-0.3, -0.25) is 4.57 Å². The minimum Gasteiger partial charge on any atom is -0.324 e. The summed E-state index contributed by atoms with van der Waals surface area (Å²) in [6.45, 7) is 3.61. The monoisotopic (exact) mass is 283 g/mol. The van der Waals surface area contributed by atoms with Crippen LogP contribution in [0, 0.1) is 5.41 Å². The number of nitrogens with one attached hydrogen (secondary N) is 1. The third kappa shape index (κ3) is 3.05. The van der Waals surface area contributed by atoms with Gasteiger partial charge in [-0.1, -0.05) is 19.3 Å². The Labute approximate surface area is 109 Å². The normalized spacial score (nSPS) is 30.8. The first kappa shape index (κ1) is 15.5. The molecule has 1 heterocycles. The van der Waals surface area contributed by atoms with Crippen LogP contribution in [0.3, 0.4) is 0 Å². The molecule has 0 bridgehead atoms. The van der Waals surface area contributed by atoms with Crippen LogP contribution < -0.4 is 5.32 Å². The smallest absolute Gasteiger partial charge is 0.324 e. The molecule has 1 aliphatic carbocycles. The van der Waals surface area contributed by atoms with Gasteiger partial charge >= 0.3 is 7.60 Å². The fourth-order valence-electron chi connectivity index (χ4n) is 3.29. The molecule has 0 radical (unpaired) electrons. The highest BCUT2D eigenvalue weighted by atomic mass is 35.5. The van der Waals surface area contributed by atoms with Crippen molar-refractivity contribution in [3.05, 3.63) is 0 Å². The van der Waals surface area contributed by atoms with Crippen LogP contribution in [0.5, 0.6) is 0 Å². The van der Waals surface area contributed by atoms with Crippen LogP contribution in [0.15, 0.2) is 0 Å². The summed E-state index contributed by atoms with van der Waals surface area (Å²) in [5, 5.41) is 3.29. The van der Waals surface area contributed by atoms with Gasteiger partial charge in [0.25, 0.3) is 0 Å². The first-order valence-corrected chi connectivity index (χ1v) is 7.93. The second-order valence-corrected chi connectivity index (χ2v) is 7.06. The van der Waals surface area contributed by atoms with Crippen LogP contribution in [0.25, 0.3) is 0 Å². The Bertz CT molecular complexity index is 294. The second kappa shape index (κ2) is 6.03. The maximum absolute atomic E-state index is 12.2. The van der Waals surface area contributed by atoms with Crippen LogP contribution in [-0.2, 0) is 9.09 Å². The number of hydrogen-bond donors (Lipinski definition) is 2. The van der Waals surface area contributed by atoms with Gasteiger partial charge in [0.2, 0.25) is 0 Å². The van der Waals surface area contributed by atoms with E-state index < -0.39 is 7.60 Å². The summed E-state index contributed by atoms with van der Waals surface area (Å²) < 4.78 is 17.3. The predicted octanol–water partition coefficient (Wildman–Crippen LogP) is 2.55. The van der Waals surface area contributed by atoms with E-state index in [-0.39, 0.29) is 23.5 Å².